The third-order valence-corrected chi connectivity index (χ3v) is 17.3. The van der Waals surface area contributed by atoms with Gasteiger partial charge >= 0.3 is 5.97 Å². The zero-order chi connectivity index (χ0) is 73.9. The number of hydrogen-bond donors (Lipinski definition) is 0. The number of nitrogens with zero attached hydrogens (tertiary/aromatic N) is 1. The van der Waals surface area contributed by atoms with Crippen molar-refractivity contribution in [3.05, 3.63) is 125 Å². The van der Waals surface area contributed by atoms with Gasteiger partial charge in [0, 0.05) is 56.8 Å². The summed E-state index contributed by atoms with van der Waals surface area (Å²) in [7, 11) is 1.84. The Bertz CT molecular complexity index is 2570. The Morgan fingerprint density at radius 1 is 0.323 bits per heavy atom. The lowest BCUT2D eigenvalue weighted by Crippen LogP contribution is -2.70. The highest BCUT2D eigenvalue weighted by molar-refractivity contribution is 6.00. The molecule has 4 aliphatic rings. The molecule has 0 radical (unpaired) electrons. The molecule has 1 amide bonds. The van der Waals surface area contributed by atoms with E-state index < -0.39 is 16.9 Å². The molecule has 4 heterocycles. The van der Waals surface area contributed by atoms with Gasteiger partial charge in [-0.2, -0.15) is 0 Å². The van der Waals surface area contributed by atoms with Crippen LogP contribution in [0.1, 0.15) is 339 Å². The van der Waals surface area contributed by atoms with Crippen LogP contribution in [0.15, 0.2) is 97.1 Å². The Hall–Kier alpha value is -5.11. The zero-order valence-electron chi connectivity index (χ0n) is 67.9. The molecule has 0 unspecified atom stereocenters. The van der Waals surface area contributed by atoms with E-state index in [-0.39, 0.29) is 74.0 Å². The average Bonchev–Trinajstić information content (AvgIpc) is 0.745. The lowest BCUT2D eigenvalue weighted by atomic mass is 9.59. The van der Waals surface area contributed by atoms with Crippen molar-refractivity contribution in [2.75, 3.05) is 7.05 Å². The van der Waals surface area contributed by atoms with Crippen molar-refractivity contribution in [2.24, 2.45) is 43.3 Å². The molecule has 8 nitrogen and oxygen atoms in total. The predicted molar refractivity (Wildman–Crippen MR) is 410 cm³/mol. The lowest BCUT2D eigenvalue weighted by molar-refractivity contribution is -0.200. The second-order valence-electron chi connectivity index (χ2n) is 30.2. The molecule has 8 rings (SSSR count). The molecule has 0 spiro atoms. The molecule has 8 heteroatoms. The van der Waals surface area contributed by atoms with Crippen molar-refractivity contribution in [2.45, 2.75) is 333 Å². The molecule has 93 heavy (non-hydrogen) atoms. The van der Waals surface area contributed by atoms with E-state index in [4.69, 9.17) is 18.9 Å². The van der Waals surface area contributed by atoms with E-state index in [0.29, 0.717) is 28.9 Å². The molecule has 4 aromatic rings. The van der Waals surface area contributed by atoms with E-state index >= 15 is 0 Å². The summed E-state index contributed by atoms with van der Waals surface area (Å²) in [5.41, 5.74) is 2.11. The second-order valence-corrected chi connectivity index (χ2v) is 30.2. The molecule has 0 saturated heterocycles. The number of esters is 1. The van der Waals surface area contributed by atoms with Gasteiger partial charge in [0.05, 0.1) is 23.1 Å². The van der Waals surface area contributed by atoms with Crippen molar-refractivity contribution in [1.82, 2.24) is 4.90 Å². The first-order valence-electron chi connectivity index (χ1n) is 35.8. The van der Waals surface area contributed by atoms with E-state index in [2.05, 4.69) is 190 Å². The number of rotatable bonds is 0. The van der Waals surface area contributed by atoms with Crippen LogP contribution in [-0.4, -0.2) is 52.1 Å². The summed E-state index contributed by atoms with van der Waals surface area (Å²) in [5, 5.41) is 0. The third-order valence-electron chi connectivity index (χ3n) is 17.3. The van der Waals surface area contributed by atoms with Crippen molar-refractivity contribution in [1.29, 1.82) is 0 Å². The van der Waals surface area contributed by atoms with Gasteiger partial charge in [0.25, 0.3) is 5.91 Å². The largest absolute Gasteiger partial charge is 0.486 e. The number of ether oxygens (including phenoxy) is 4. The van der Waals surface area contributed by atoms with Gasteiger partial charge in [-0.3, -0.25) is 9.59 Å². The van der Waals surface area contributed by atoms with Gasteiger partial charge in [0.2, 0.25) is 0 Å². The molecule has 538 valence electrons. The summed E-state index contributed by atoms with van der Waals surface area (Å²) in [5.74, 6) is 2.51. The van der Waals surface area contributed by atoms with E-state index in [0.717, 1.165) is 36.3 Å². The highest BCUT2D eigenvalue weighted by Gasteiger charge is 2.61. The first-order valence-corrected chi connectivity index (χ1v) is 35.8. The van der Waals surface area contributed by atoms with Crippen LogP contribution in [0.5, 0.6) is 17.2 Å². The van der Waals surface area contributed by atoms with Crippen LogP contribution in [0, 0.1) is 43.3 Å². The molecule has 0 bridgehead atoms. The number of aryl methyl sites for hydroxylation is 1. The molecule has 4 aromatic carbocycles. The molecule has 0 atom stereocenters. The number of hydrogen-bond acceptors (Lipinski definition) is 7. The number of carbonyl (C=O) groups is 3. The minimum absolute atomic E-state index is 0. The molecular formula is C85H151NO7. The molecule has 4 aliphatic heterocycles. The quantitative estimate of drug-likeness (QED) is 0.162. The Kier molecular flexibility index (Phi) is 41.3. The number of amides is 1. The number of benzene rings is 4. The molecule has 0 aliphatic carbocycles. The predicted octanol–water partition coefficient (Wildman–Crippen LogP) is 26.3. The van der Waals surface area contributed by atoms with Gasteiger partial charge in [-0.15, -0.1) is 0 Å². The highest BCUT2D eigenvalue weighted by Crippen LogP contribution is 2.56. The number of carbonyl (C=O) groups excluding carboxylic acids is 3. The van der Waals surface area contributed by atoms with Gasteiger partial charge in [0.1, 0.15) is 34.1 Å². The van der Waals surface area contributed by atoms with E-state index in [1.807, 2.05) is 191 Å². The summed E-state index contributed by atoms with van der Waals surface area (Å²) in [6.07, 6.45) is 3.43. The smallest absolute Gasteiger partial charge is 0.339 e. The van der Waals surface area contributed by atoms with Crippen LogP contribution < -0.4 is 14.2 Å². The number of para-hydroxylation sites is 3. The summed E-state index contributed by atoms with van der Waals surface area (Å²) in [4.78, 5) is 39.4. The minimum atomic E-state index is -0.689. The summed E-state index contributed by atoms with van der Waals surface area (Å²) in [6, 6.07) is 31.3. The number of cyclic esters (lactones) is 1. The number of ketones is 1. The summed E-state index contributed by atoms with van der Waals surface area (Å²) >= 11 is 0. The van der Waals surface area contributed by atoms with Crippen LogP contribution in [-0.2, 0) is 17.6 Å². The topological polar surface area (TPSA) is 91.4 Å². The Morgan fingerprint density at radius 3 is 0.978 bits per heavy atom. The maximum atomic E-state index is 12.8. The van der Waals surface area contributed by atoms with E-state index in [1.54, 1.807) is 4.90 Å². The van der Waals surface area contributed by atoms with Crippen LogP contribution in [0.25, 0.3) is 0 Å². The Labute approximate surface area is 578 Å². The van der Waals surface area contributed by atoms with E-state index in [9.17, 15) is 14.4 Å². The Balaban J connectivity index is -0.000000343. The van der Waals surface area contributed by atoms with Gasteiger partial charge < -0.3 is 23.8 Å². The maximum Gasteiger partial charge on any atom is 0.339 e. The van der Waals surface area contributed by atoms with Gasteiger partial charge in [-0.05, 0) is 60.4 Å². The first kappa shape index (κ1) is 96.6. The molecule has 0 N–H and O–H groups in total. The lowest BCUT2D eigenvalue weighted by Gasteiger charge is -2.58. The van der Waals surface area contributed by atoms with Gasteiger partial charge in [-0.1, -0.05) is 345 Å². The monoisotopic (exact) mass is 1300 g/mol. The number of Topliss-reactive ketones (excluding diaryl/α,β-unsaturated/α-hetero) is 1. The third kappa shape index (κ3) is 22.0. The van der Waals surface area contributed by atoms with Crippen molar-refractivity contribution < 1.29 is 33.3 Å². The van der Waals surface area contributed by atoms with Crippen LogP contribution in [0.3, 0.4) is 0 Å². The summed E-state index contributed by atoms with van der Waals surface area (Å²) < 4.78 is 25.4. The highest BCUT2D eigenvalue weighted by atomic mass is 16.6. The molecule has 0 aromatic heterocycles. The van der Waals surface area contributed by atoms with Crippen molar-refractivity contribution in [3.63, 3.8) is 0 Å². The van der Waals surface area contributed by atoms with Crippen LogP contribution in [0.2, 0.25) is 0 Å². The second kappa shape index (κ2) is 39.8. The molecule has 0 fully saturated rings. The van der Waals surface area contributed by atoms with Crippen molar-refractivity contribution in [3.8, 4) is 17.2 Å². The van der Waals surface area contributed by atoms with Crippen LogP contribution >= 0.6 is 0 Å². The fourth-order valence-electron chi connectivity index (χ4n) is 13.9. The number of fused-ring (bicyclic) bond motifs is 4. The first-order chi connectivity index (χ1) is 42.4. The average molecular weight is 1300 g/mol. The molecule has 0 saturated carbocycles. The Morgan fingerprint density at radius 2 is 0.613 bits per heavy atom. The zero-order valence-corrected chi connectivity index (χ0v) is 67.9. The SMILES string of the molecule is C.CC.CC.CC.CC.CC.CC.CC.CC.CC(C)(C)C1(C(C)(C)C)CC(=O)c2ccccc2O1.CC(C)(C)C1(C(C)(C)C)CCc2ccccc2O1.CC(C)(C)C1(C(C)(C)C)Cc2ccccc2C(=O)O1.CN1C(=O)c2ccccc2OC1(C(C)(C)C)C(C)(C)C. The van der Waals surface area contributed by atoms with Gasteiger partial charge in [0.15, 0.2) is 11.5 Å². The van der Waals surface area contributed by atoms with Gasteiger partial charge in [-0.25, -0.2) is 4.79 Å². The van der Waals surface area contributed by atoms with E-state index in [1.165, 1.54) is 5.56 Å². The minimum Gasteiger partial charge on any atom is -0.486 e. The fraction of sp³-hybridized carbons (Fsp3) is 0.682. The van der Waals surface area contributed by atoms with Crippen molar-refractivity contribution >= 4 is 17.7 Å². The van der Waals surface area contributed by atoms with Crippen LogP contribution in [0.4, 0.5) is 0 Å². The summed E-state index contributed by atoms with van der Waals surface area (Å²) in [6.45, 7) is 84.3. The molecular weight excluding hydrogens is 1150 g/mol. The normalized spacial score (nSPS) is 15.8. The maximum absolute atomic E-state index is 12.8. The fourth-order valence-corrected chi connectivity index (χ4v) is 13.9. The standard InChI is InChI=1S/C17H25NO2.2C17H24O2.C17H26O.8C2H6.CH4/c1-15(2,3)17(16(4,5)6)18(7)14(19)12-10-8-9-11-13(12)20-17;1-15(2,3)17(16(4,5)6)11-13(18)12-9-7-8-10-14(12)19-17;1-15(2,3)17(16(4,5)6)11-12-9-7-8-10-13(12)14(18)19-17;1-15(2,3)17(16(4,5)6)12-11-13-9-7-8-10-14(13)18-17;8*1-2;/h8-11H,1-7H3;2*7-10H,11H2,1-6H3;7-10H,11-12H2,1-6H3;8*1-2H3;1H4.